The fourth-order valence-corrected chi connectivity index (χ4v) is 7.35. The number of benzene rings is 2. The summed E-state index contributed by atoms with van der Waals surface area (Å²) in [6.07, 6.45) is 2.25. The Hall–Kier alpha value is -3.57. The zero-order chi connectivity index (χ0) is 33.4. The van der Waals surface area contributed by atoms with E-state index < -0.39 is 28.6 Å². The first-order chi connectivity index (χ1) is 21.6. The standard InChI is InChI=1S/C35H44F2N4O4S/c1-34(2,3)45-32(42)19-35(17-22-14-27(36)28(37)15-23(22)18-35)33(43)38-20-31-39-29(21-46-31)26-9-8-24(16-30(26)44-7)40-12-10-25(11-13-40)41(4,5)6/h8-9,14-16,21,25H,10-13,17-20H2,1-7H3/p+1. The predicted molar refractivity (Wildman–Crippen MR) is 176 cm³/mol. The van der Waals surface area contributed by atoms with Crippen molar-refractivity contribution in [3.8, 4) is 17.0 Å². The maximum absolute atomic E-state index is 14.1. The van der Waals surface area contributed by atoms with Gasteiger partial charge in [0, 0.05) is 48.6 Å². The molecule has 11 heteroatoms. The van der Waals surface area contributed by atoms with Crippen LogP contribution >= 0.6 is 11.3 Å². The van der Waals surface area contributed by atoms with Gasteiger partial charge in [-0.15, -0.1) is 11.3 Å². The van der Waals surface area contributed by atoms with Gasteiger partial charge >= 0.3 is 5.97 Å². The Bertz CT molecular complexity index is 1570. The molecule has 2 aliphatic rings. The smallest absolute Gasteiger partial charge is 0.307 e. The SMILES string of the molecule is COc1cc(N2CCC([N+](C)(C)C)CC2)ccc1-c1csc(CNC(=O)C2(CC(=O)OC(C)(C)C)Cc3cc(F)c(F)cc3C2)n1. The summed E-state index contributed by atoms with van der Waals surface area (Å²) in [5.41, 5.74) is 1.78. The van der Waals surface area contributed by atoms with E-state index in [9.17, 15) is 18.4 Å². The third-order valence-corrected chi connectivity index (χ3v) is 9.87. The zero-order valence-corrected chi connectivity index (χ0v) is 28.7. The maximum Gasteiger partial charge on any atom is 0.307 e. The number of aromatic nitrogens is 1. The molecule has 8 nitrogen and oxygen atoms in total. The summed E-state index contributed by atoms with van der Waals surface area (Å²) in [6.45, 7) is 7.39. The van der Waals surface area contributed by atoms with Gasteiger partial charge in [0.2, 0.25) is 5.91 Å². The molecule has 1 aliphatic carbocycles. The van der Waals surface area contributed by atoms with Gasteiger partial charge in [-0.05, 0) is 69.0 Å². The number of quaternary nitrogens is 1. The highest BCUT2D eigenvalue weighted by Crippen LogP contribution is 2.42. The van der Waals surface area contributed by atoms with Gasteiger partial charge in [0.05, 0.1) is 58.4 Å². The lowest BCUT2D eigenvalue weighted by molar-refractivity contribution is -0.896. The van der Waals surface area contributed by atoms with Crippen LogP contribution in [0.15, 0.2) is 35.7 Å². The van der Waals surface area contributed by atoms with E-state index >= 15 is 0 Å². The van der Waals surface area contributed by atoms with E-state index in [0.717, 1.165) is 65.2 Å². The molecular formula is C35H45F2N4O4S+. The quantitative estimate of drug-likeness (QED) is 0.228. The molecule has 248 valence electrons. The Morgan fingerprint density at radius 3 is 2.26 bits per heavy atom. The number of piperidine rings is 1. The van der Waals surface area contributed by atoms with E-state index in [1.165, 1.54) is 11.3 Å². The van der Waals surface area contributed by atoms with Crippen molar-refractivity contribution in [3.05, 3.63) is 63.5 Å². The number of thiazole rings is 1. The number of rotatable bonds is 9. The molecule has 1 fully saturated rings. The van der Waals surface area contributed by atoms with E-state index in [2.05, 4.69) is 43.5 Å². The number of carbonyl (C=O) groups excluding carboxylic acids is 2. The molecule has 0 atom stereocenters. The number of ether oxygens (including phenoxy) is 2. The van der Waals surface area contributed by atoms with Gasteiger partial charge in [-0.25, -0.2) is 13.8 Å². The molecule has 0 spiro atoms. The van der Waals surface area contributed by atoms with Crippen LogP contribution < -0.4 is 15.0 Å². The highest BCUT2D eigenvalue weighted by Gasteiger charge is 2.46. The van der Waals surface area contributed by atoms with Crippen LogP contribution in [0.5, 0.6) is 5.75 Å². The minimum absolute atomic E-state index is 0.101. The average molecular weight is 656 g/mol. The molecule has 1 aromatic heterocycles. The van der Waals surface area contributed by atoms with Gasteiger partial charge in [0.15, 0.2) is 11.6 Å². The van der Waals surface area contributed by atoms with Crippen molar-refractivity contribution in [1.29, 1.82) is 0 Å². The number of hydrogen-bond acceptors (Lipinski definition) is 7. The number of halogens is 2. The molecule has 0 unspecified atom stereocenters. The third-order valence-electron chi connectivity index (χ3n) is 9.02. The van der Waals surface area contributed by atoms with Crippen LogP contribution in [0.4, 0.5) is 14.5 Å². The molecule has 2 aromatic carbocycles. The molecule has 0 bridgehead atoms. The summed E-state index contributed by atoms with van der Waals surface area (Å²) in [4.78, 5) is 33.9. The van der Waals surface area contributed by atoms with Gasteiger partial charge in [-0.3, -0.25) is 9.59 Å². The van der Waals surface area contributed by atoms with E-state index in [-0.39, 0.29) is 31.7 Å². The molecule has 0 saturated carbocycles. The lowest BCUT2D eigenvalue weighted by Crippen LogP contribution is -2.51. The Labute approximate surface area is 274 Å². The first kappa shape index (κ1) is 33.8. The largest absolute Gasteiger partial charge is 0.496 e. The van der Waals surface area contributed by atoms with Crippen LogP contribution in [0.25, 0.3) is 11.3 Å². The van der Waals surface area contributed by atoms with Crippen molar-refractivity contribution in [2.24, 2.45) is 5.41 Å². The Morgan fingerprint density at radius 1 is 1.07 bits per heavy atom. The van der Waals surface area contributed by atoms with Crippen LogP contribution in [0.3, 0.4) is 0 Å². The number of amides is 1. The summed E-state index contributed by atoms with van der Waals surface area (Å²) >= 11 is 1.41. The van der Waals surface area contributed by atoms with Gasteiger partial charge in [-0.1, -0.05) is 0 Å². The molecule has 46 heavy (non-hydrogen) atoms. The fourth-order valence-electron chi connectivity index (χ4n) is 6.62. The third kappa shape index (κ3) is 7.52. The number of methoxy groups -OCH3 is 1. The van der Waals surface area contributed by atoms with Gasteiger partial charge < -0.3 is 24.2 Å². The van der Waals surface area contributed by atoms with Crippen molar-refractivity contribution < 1.29 is 32.3 Å². The highest BCUT2D eigenvalue weighted by molar-refractivity contribution is 7.09. The molecule has 1 N–H and O–H groups in total. The maximum atomic E-state index is 14.1. The molecule has 1 amide bonds. The number of nitrogens with one attached hydrogen (secondary N) is 1. The number of fused-ring (bicyclic) bond motifs is 1. The molecule has 1 saturated heterocycles. The second-order valence-corrected chi connectivity index (χ2v) is 15.4. The van der Waals surface area contributed by atoms with Crippen molar-refractivity contribution >= 4 is 28.9 Å². The van der Waals surface area contributed by atoms with Gasteiger partial charge in [0.25, 0.3) is 0 Å². The number of esters is 1. The molecular weight excluding hydrogens is 610 g/mol. The molecule has 2 heterocycles. The number of anilines is 1. The van der Waals surface area contributed by atoms with Crippen LogP contribution in [-0.2, 0) is 33.7 Å². The molecule has 3 aromatic rings. The minimum atomic E-state index is -1.23. The lowest BCUT2D eigenvalue weighted by Gasteiger charge is -2.41. The number of hydrogen-bond donors (Lipinski definition) is 1. The molecule has 1 aliphatic heterocycles. The molecule has 0 radical (unpaired) electrons. The summed E-state index contributed by atoms with van der Waals surface area (Å²) in [5, 5.41) is 5.56. The van der Waals surface area contributed by atoms with E-state index in [1.807, 2.05) is 11.4 Å². The first-order valence-corrected chi connectivity index (χ1v) is 16.6. The van der Waals surface area contributed by atoms with Crippen LogP contribution in [0.2, 0.25) is 0 Å². The summed E-state index contributed by atoms with van der Waals surface area (Å²) in [6, 6.07) is 9.08. The zero-order valence-electron chi connectivity index (χ0n) is 27.8. The van der Waals surface area contributed by atoms with Crippen molar-refractivity contribution in [2.45, 2.75) is 71.1 Å². The summed E-state index contributed by atoms with van der Waals surface area (Å²) in [7, 11) is 8.42. The minimum Gasteiger partial charge on any atom is -0.496 e. The first-order valence-electron chi connectivity index (χ1n) is 15.7. The van der Waals surface area contributed by atoms with E-state index in [4.69, 9.17) is 14.5 Å². The topological polar surface area (TPSA) is 80.8 Å². The van der Waals surface area contributed by atoms with Gasteiger partial charge in [0.1, 0.15) is 16.4 Å². The Balaban J connectivity index is 1.28. The average Bonchev–Trinajstić information content (AvgIpc) is 3.59. The summed E-state index contributed by atoms with van der Waals surface area (Å²) < 4.78 is 40.4. The van der Waals surface area contributed by atoms with Crippen LogP contribution in [-0.4, -0.2) is 74.3 Å². The fraction of sp³-hybridized carbons (Fsp3) is 0.514. The normalized spacial score (nSPS) is 16.7. The highest BCUT2D eigenvalue weighted by atomic mass is 32.1. The number of nitrogens with zero attached hydrogens (tertiary/aromatic N) is 3. The Morgan fingerprint density at radius 2 is 1.70 bits per heavy atom. The lowest BCUT2D eigenvalue weighted by atomic mass is 9.80. The van der Waals surface area contributed by atoms with E-state index in [1.54, 1.807) is 27.9 Å². The van der Waals surface area contributed by atoms with Crippen molar-refractivity contribution in [1.82, 2.24) is 10.3 Å². The second-order valence-electron chi connectivity index (χ2n) is 14.5. The monoisotopic (exact) mass is 655 g/mol. The number of carbonyl (C=O) groups is 2. The van der Waals surface area contributed by atoms with E-state index in [0.29, 0.717) is 22.2 Å². The second kappa shape index (κ2) is 12.9. The predicted octanol–water partition coefficient (Wildman–Crippen LogP) is 5.91. The van der Waals surface area contributed by atoms with Crippen molar-refractivity contribution in [2.75, 3.05) is 46.2 Å². The summed E-state index contributed by atoms with van der Waals surface area (Å²) in [5.74, 6) is -2.15. The Kier molecular flexibility index (Phi) is 9.48. The molecule has 5 rings (SSSR count). The van der Waals surface area contributed by atoms with Crippen LogP contribution in [0.1, 0.15) is 56.2 Å². The van der Waals surface area contributed by atoms with Crippen LogP contribution in [0, 0.1) is 17.0 Å². The van der Waals surface area contributed by atoms with Gasteiger partial charge in [-0.2, -0.15) is 0 Å². The van der Waals surface area contributed by atoms with Crippen molar-refractivity contribution in [3.63, 3.8) is 0 Å².